The lowest BCUT2D eigenvalue weighted by molar-refractivity contribution is -0.123. The fourth-order valence-electron chi connectivity index (χ4n) is 1.77. The molecule has 0 saturated heterocycles. The molecule has 0 saturated carbocycles. The number of ether oxygens (including phenoxy) is 1. The van der Waals surface area contributed by atoms with E-state index in [-0.39, 0.29) is 24.1 Å². The lowest BCUT2D eigenvalue weighted by atomic mass is 10.1. The Morgan fingerprint density at radius 1 is 1.05 bits per heavy atom. The summed E-state index contributed by atoms with van der Waals surface area (Å²) in [6.45, 7) is 0.254. The number of carbonyl (C=O) groups is 1. The van der Waals surface area contributed by atoms with Gasteiger partial charge in [0.1, 0.15) is 17.4 Å². The maximum absolute atomic E-state index is 13.0. The van der Waals surface area contributed by atoms with Crippen LogP contribution in [0.2, 0.25) is 0 Å². The van der Waals surface area contributed by atoms with Crippen LogP contribution < -0.4 is 10.1 Å². The van der Waals surface area contributed by atoms with E-state index >= 15 is 0 Å². The van der Waals surface area contributed by atoms with Crippen molar-refractivity contribution in [1.29, 1.82) is 0 Å². The van der Waals surface area contributed by atoms with Crippen LogP contribution in [0.4, 0.5) is 8.78 Å². The fourth-order valence-corrected chi connectivity index (χ4v) is 1.77. The number of benzene rings is 2. The standard InChI is InChI=1S/C16H15F2NO2/c17-13-4-6-15(7-5-13)21-11-16(20)19-9-8-12-2-1-3-14(18)10-12/h1-7,10H,8-9,11H2,(H,19,20). The maximum Gasteiger partial charge on any atom is 0.257 e. The quantitative estimate of drug-likeness (QED) is 0.888. The molecule has 2 aromatic rings. The normalized spacial score (nSPS) is 10.2. The monoisotopic (exact) mass is 291 g/mol. The predicted molar refractivity (Wildman–Crippen MR) is 75.0 cm³/mol. The van der Waals surface area contributed by atoms with E-state index in [1.165, 1.54) is 36.4 Å². The first-order valence-electron chi connectivity index (χ1n) is 6.53. The highest BCUT2D eigenvalue weighted by Crippen LogP contribution is 2.10. The van der Waals surface area contributed by atoms with Crippen LogP contribution in [0.15, 0.2) is 48.5 Å². The van der Waals surface area contributed by atoms with Crippen LogP contribution in [-0.2, 0) is 11.2 Å². The van der Waals surface area contributed by atoms with Gasteiger partial charge in [0.15, 0.2) is 6.61 Å². The number of hydrogen-bond acceptors (Lipinski definition) is 2. The second-order valence-corrected chi connectivity index (χ2v) is 4.47. The van der Waals surface area contributed by atoms with E-state index in [1.807, 2.05) is 0 Å². The van der Waals surface area contributed by atoms with Crippen LogP contribution in [0, 0.1) is 11.6 Å². The molecule has 1 N–H and O–H groups in total. The summed E-state index contributed by atoms with van der Waals surface area (Å²) < 4.78 is 30.8. The highest BCUT2D eigenvalue weighted by atomic mass is 19.1. The third-order valence-corrected chi connectivity index (χ3v) is 2.81. The first-order valence-corrected chi connectivity index (χ1v) is 6.53. The largest absolute Gasteiger partial charge is 0.484 e. The zero-order valence-corrected chi connectivity index (χ0v) is 11.3. The molecule has 0 aliphatic carbocycles. The van der Waals surface area contributed by atoms with Crippen LogP contribution in [0.5, 0.6) is 5.75 Å². The molecule has 1 amide bonds. The minimum atomic E-state index is -0.359. The van der Waals surface area contributed by atoms with Gasteiger partial charge in [-0.2, -0.15) is 0 Å². The molecule has 21 heavy (non-hydrogen) atoms. The van der Waals surface area contributed by atoms with E-state index < -0.39 is 0 Å². The van der Waals surface area contributed by atoms with Crippen molar-refractivity contribution in [2.75, 3.05) is 13.2 Å². The van der Waals surface area contributed by atoms with Gasteiger partial charge in [-0.05, 0) is 48.4 Å². The molecule has 2 rings (SSSR count). The third-order valence-electron chi connectivity index (χ3n) is 2.81. The summed E-state index contributed by atoms with van der Waals surface area (Å²) in [5.41, 5.74) is 0.815. The average molecular weight is 291 g/mol. The van der Waals surface area contributed by atoms with Crippen molar-refractivity contribution in [2.24, 2.45) is 0 Å². The van der Waals surface area contributed by atoms with E-state index in [0.717, 1.165) is 5.56 Å². The molecule has 0 spiro atoms. The van der Waals surface area contributed by atoms with Crippen molar-refractivity contribution >= 4 is 5.91 Å². The number of amides is 1. The van der Waals surface area contributed by atoms with Gasteiger partial charge in [0.2, 0.25) is 0 Å². The molecule has 0 aliphatic heterocycles. The van der Waals surface area contributed by atoms with E-state index in [1.54, 1.807) is 12.1 Å². The fraction of sp³-hybridized carbons (Fsp3) is 0.188. The molecule has 2 aromatic carbocycles. The molecular formula is C16H15F2NO2. The van der Waals surface area contributed by atoms with Crippen molar-refractivity contribution in [3.63, 3.8) is 0 Å². The molecule has 0 fully saturated rings. The van der Waals surface area contributed by atoms with E-state index in [9.17, 15) is 13.6 Å². The second-order valence-electron chi connectivity index (χ2n) is 4.47. The van der Waals surface area contributed by atoms with Crippen molar-refractivity contribution < 1.29 is 18.3 Å². The van der Waals surface area contributed by atoms with Crippen molar-refractivity contribution in [3.05, 3.63) is 65.7 Å². The minimum Gasteiger partial charge on any atom is -0.484 e. The van der Waals surface area contributed by atoms with Crippen LogP contribution in [0.1, 0.15) is 5.56 Å². The first-order chi connectivity index (χ1) is 10.1. The molecule has 0 aliphatic rings. The molecule has 110 valence electrons. The Labute approximate surface area is 121 Å². The molecular weight excluding hydrogens is 276 g/mol. The molecule has 0 aromatic heterocycles. The molecule has 5 heteroatoms. The Hall–Kier alpha value is -2.43. The number of hydrogen-bond donors (Lipinski definition) is 1. The summed E-state index contributed by atoms with van der Waals surface area (Å²) in [5, 5.41) is 2.67. The smallest absolute Gasteiger partial charge is 0.257 e. The van der Waals surface area contributed by atoms with Crippen LogP contribution in [-0.4, -0.2) is 19.1 Å². The number of carbonyl (C=O) groups excluding carboxylic acids is 1. The minimum absolute atomic E-state index is 0.144. The molecule has 0 radical (unpaired) electrons. The molecule has 0 bridgehead atoms. The Balaban J connectivity index is 1.69. The third kappa shape index (κ3) is 5.22. The van der Waals surface area contributed by atoms with Gasteiger partial charge in [0.25, 0.3) is 5.91 Å². The summed E-state index contributed by atoms with van der Waals surface area (Å²) in [5.74, 6) is -0.507. The van der Waals surface area contributed by atoms with Gasteiger partial charge >= 0.3 is 0 Å². The predicted octanol–water partition coefficient (Wildman–Crippen LogP) is 2.70. The van der Waals surface area contributed by atoms with Gasteiger partial charge in [-0.1, -0.05) is 12.1 Å². The van der Waals surface area contributed by atoms with Gasteiger partial charge in [0, 0.05) is 6.54 Å². The lowest BCUT2D eigenvalue weighted by Crippen LogP contribution is -2.30. The molecule has 0 unspecified atom stereocenters. The van der Waals surface area contributed by atoms with E-state index in [4.69, 9.17) is 4.74 Å². The number of halogens is 2. The van der Waals surface area contributed by atoms with Crippen LogP contribution in [0.3, 0.4) is 0 Å². The summed E-state index contributed by atoms with van der Waals surface area (Å²) in [6, 6.07) is 11.7. The van der Waals surface area contributed by atoms with Gasteiger partial charge in [0.05, 0.1) is 0 Å². The van der Waals surface area contributed by atoms with Crippen molar-refractivity contribution in [2.45, 2.75) is 6.42 Å². The summed E-state index contributed by atoms with van der Waals surface area (Å²) in [4.78, 5) is 11.6. The average Bonchev–Trinajstić information content (AvgIpc) is 2.47. The van der Waals surface area contributed by atoms with Crippen LogP contribution >= 0.6 is 0 Å². The Morgan fingerprint density at radius 3 is 2.52 bits per heavy atom. The molecule has 0 heterocycles. The van der Waals surface area contributed by atoms with Crippen molar-refractivity contribution in [1.82, 2.24) is 5.32 Å². The Morgan fingerprint density at radius 2 is 1.81 bits per heavy atom. The summed E-state index contributed by atoms with van der Waals surface area (Å²) >= 11 is 0. The highest BCUT2D eigenvalue weighted by Gasteiger charge is 2.03. The molecule has 3 nitrogen and oxygen atoms in total. The maximum atomic E-state index is 13.0. The number of rotatable bonds is 6. The summed E-state index contributed by atoms with van der Waals surface area (Å²) in [7, 11) is 0. The van der Waals surface area contributed by atoms with Crippen molar-refractivity contribution in [3.8, 4) is 5.75 Å². The SMILES string of the molecule is O=C(COc1ccc(F)cc1)NCCc1cccc(F)c1. The summed E-state index contributed by atoms with van der Waals surface area (Å²) in [6.07, 6.45) is 0.542. The first kappa shape index (κ1) is 15.0. The second kappa shape index (κ2) is 7.38. The Kier molecular flexibility index (Phi) is 5.26. The number of nitrogens with one attached hydrogen (secondary N) is 1. The zero-order chi connectivity index (χ0) is 15.1. The van der Waals surface area contributed by atoms with E-state index in [0.29, 0.717) is 18.7 Å². The van der Waals surface area contributed by atoms with E-state index in [2.05, 4.69) is 5.32 Å². The molecule has 0 atom stereocenters. The van der Waals surface area contributed by atoms with Gasteiger partial charge in [-0.25, -0.2) is 8.78 Å². The topological polar surface area (TPSA) is 38.3 Å². The van der Waals surface area contributed by atoms with Gasteiger partial charge < -0.3 is 10.1 Å². The Bertz CT molecular complexity index is 599. The lowest BCUT2D eigenvalue weighted by Gasteiger charge is -2.07. The van der Waals surface area contributed by atoms with Gasteiger partial charge in [-0.15, -0.1) is 0 Å². The zero-order valence-electron chi connectivity index (χ0n) is 11.3. The van der Waals surface area contributed by atoms with Gasteiger partial charge in [-0.3, -0.25) is 4.79 Å². The van der Waals surface area contributed by atoms with Crippen LogP contribution in [0.25, 0.3) is 0 Å². The highest BCUT2D eigenvalue weighted by molar-refractivity contribution is 5.77.